The Morgan fingerprint density at radius 1 is 1.29 bits per heavy atom. The first-order valence-electron chi connectivity index (χ1n) is 9.19. The Kier molecular flexibility index (Phi) is 4.97. The summed E-state index contributed by atoms with van der Waals surface area (Å²) in [6.45, 7) is 1.24. The van der Waals surface area contributed by atoms with E-state index in [1.165, 1.54) is 7.11 Å². The topological polar surface area (TPSA) is 101 Å². The van der Waals surface area contributed by atoms with E-state index in [9.17, 15) is 9.90 Å². The van der Waals surface area contributed by atoms with Crippen molar-refractivity contribution in [1.29, 1.82) is 0 Å². The lowest BCUT2D eigenvalue weighted by Crippen LogP contribution is -2.31. The number of carbonyl (C=O) groups excluding carboxylic acids is 1. The number of nitrogens with zero attached hydrogens (tertiary/aromatic N) is 4. The number of ether oxygens (including phenoxy) is 1. The summed E-state index contributed by atoms with van der Waals surface area (Å²) >= 11 is 0. The van der Waals surface area contributed by atoms with E-state index < -0.39 is 6.10 Å². The van der Waals surface area contributed by atoms with Crippen LogP contribution in [0.5, 0.6) is 5.88 Å². The van der Waals surface area contributed by atoms with Crippen LogP contribution < -0.4 is 4.74 Å². The third-order valence-corrected chi connectivity index (χ3v) is 4.97. The first-order valence-corrected chi connectivity index (χ1v) is 9.19. The van der Waals surface area contributed by atoms with E-state index in [4.69, 9.17) is 9.84 Å². The van der Waals surface area contributed by atoms with Gasteiger partial charge >= 0.3 is 0 Å². The third-order valence-electron chi connectivity index (χ3n) is 4.97. The van der Waals surface area contributed by atoms with Crippen molar-refractivity contribution in [3.05, 3.63) is 53.3 Å². The predicted molar refractivity (Wildman–Crippen MR) is 102 cm³/mol. The number of pyridine rings is 1. The Bertz CT molecular complexity index is 1020. The summed E-state index contributed by atoms with van der Waals surface area (Å²) < 4.78 is 7.07. The van der Waals surface area contributed by atoms with E-state index in [2.05, 4.69) is 10.1 Å². The molecule has 146 valence electrons. The number of carbonyl (C=O) groups is 1. The van der Waals surface area contributed by atoms with Crippen LogP contribution in [0.4, 0.5) is 0 Å². The van der Waals surface area contributed by atoms with Gasteiger partial charge in [0.2, 0.25) is 5.88 Å². The van der Waals surface area contributed by atoms with Crippen LogP contribution in [0.25, 0.3) is 10.9 Å². The fourth-order valence-corrected chi connectivity index (χ4v) is 3.52. The predicted octanol–water partition coefficient (Wildman–Crippen LogP) is 1.51. The molecule has 4 rings (SSSR count). The second-order valence-corrected chi connectivity index (χ2v) is 6.79. The van der Waals surface area contributed by atoms with Gasteiger partial charge in [-0.3, -0.25) is 9.48 Å². The molecule has 2 N–H and O–H groups in total. The summed E-state index contributed by atoms with van der Waals surface area (Å²) in [7, 11) is 1.53. The molecule has 0 aliphatic carbocycles. The fraction of sp³-hybridized carbons (Fsp3) is 0.350. The van der Waals surface area contributed by atoms with Crippen molar-refractivity contribution in [2.75, 3.05) is 20.3 Å². The average molecular weight is 382 g/mol. The van der Waals surface area contributed by atoms with Gasteiger partial charge in [0.05, 0.1) is 42.7 Å². The fourth-order valence-electron chi connectivity index (χ4n) is 3.52. The first kappa shape index (κ1) is 18.4. The van der Waals surface area contributed by atoms with Gasteiger partial charge in [-0.15, -0.1) is 0 Å². The number of aliphatic hydroxyl groups is 2. The molecule has 1 aromatic carbocycles. The monoisotopic (exact) mass is 382 g/mol. The van der Waals surface area contributed by atoms with E-state index in [0.29, 0.717) is 42.3 Å². The lowest BCUT2D eigenvalue weighted by atomic mass is 10.1. The van der Waals surface area contributed by atoms with Gasteiger partial charge in [-0.25, -0.2) is 4.98 Å². The molecule has 1 aliphatic rings. The van der Waals surface area contributed by atoms with Crippen molar-refractivity contribution in [2.45, 2.75) is 25.6 Å². The molecule has 8 nitrogen and oxygen atoms in total. The smallest absolute Gasteiger partial charge is 0.255 e. The normalized spacial score (nSPS) is 15.2. The molecule has 3 aromatic rings. The average Bonchev–Trinajstić information content (AvgIpc) is 3.03. The van der Waals surface area contributed by atoms with Crippen LogP contribution in [0.1, 0.15) is 34.3 Å². The van der Waals surface area contributed by atoms with Crippen molar-refractivity contribution in [2.24, 2.45) is 0 Å². The standard InChI is InChI=1S/C20H22N4O4/c1-28-19-10-15(14-5-2-3-6-16(14)21-19)20(27)23-7-4-8-24-13(11-23)9-17(22-24)18(26)12-25/h2-3,5-6,9-10,18,25-26H,4,7-8,11-12H2,1H3. The van der Waals surface area contributed by atoms with Gasteiger partial charge < -0.3 is 19.8 Å². The van der Waals surface area contributed by atoms with Gasteiger partial charge in [-0.2, -0.15) is 5.10 Å². The van der Waals surface area contributed by atoms with Gasteiger partial charge in [0, 0.05) is 24.5 Å². The Labute approximate surface area is 162 Å². The molecule has 0 spiro atoms. The van der Waals surface area contributed by atoms with Gasteiger partial charge in [-0.05, 0) is 18.6 Å². The van der Waals surface area contributed by atoms with Crippen molar-refractivity contribution in [3.63, 3.8) is 0 Å². The number of fused-ring (bicyclic) bond motifs is 2. The second-order valence-electron chi connectivity index (χ2n) is 6.79. The molecule has 1 amide bonds. The minimum atomic E-state index is -1.02. The highest BCUT2D eigenvalue weighted by atomic mass is 16.5. The van der Waals surface area contributed by atoms with Crippen LogP contribution in [0.2, 0.25) is 0 Å². The van der Waals surface area contributed by atoms with Crippen molar-refractivity contribution < 1.29 is 19.7 Å². The van der Waals surface area contributed by atoms with Crippen LogP contribution in [0.3, 0.4) is 0 Å². The summed E-state index contributed by atoms with van der Waals surface area (Å²) in [4.78, 5) is 19.5. The summed E-state index contributed by atoms with van der Waals surface area (Å²) in [5.41, 5.74) is 2.51. The highest BCUT2D eigenvalue weighted by Crippen LogP contribution is 2.25. The maximum Gasteiger partial charge on any atom is 0.255 e. The minimum absolute atomic E-state index is 0.101. The van der Waals surface area contributed by atoms with Crippen LogP contribution >= 0.6 is 0 Å². The molecule has 1 atom stereocenters. The Morgan fingerprint density at radius 2 is 2.11 bits per heavy atom. The van der Waals surface area contributed by atoms with E-state index in [0.717, 1.165) is 17.5 Å². The maximum absolute atomic E-state index is 13.4. The second kappa shape index (κ2) is 7.57. The highest BCUT2D eigenvalue weighted by Gasteiger charge is 2.25. The van der Waals surface area contributed by atoms with Crippen LogP contribution in [0.15, 0.2) is 36.4 Å². The van der Waals surface area contributed by atoms with Crippen LogP contribution in [0, 0.1) is 0 Å². The molecule has 0 radical (unpaired) electrons. The highest BCUT2D eigenvalue weighted by molar-refractivity contribution is 6.06. The van der Waals surface area contributed by atoms with Gasteiger partial charge in [-0.1, -0.05) is 18.2 Å². The molecule has 0 saturated carbocycles. The molecule has 8 heteroatoms. The lowest BCUT2D eigenvalue weighted by Gasteiger charge is -2.21. The van der Waals surface area contributed by atoms with Crippen LogP contribution in [-0.2, 0) is 13.1 Å². The summed E-state index contributed by atoms with van der Waals surface area (Å²) in [6.07, 6.45) is -0.271. The molecular formula is C20H22N4O4. The van der Waals surface area contributed by atoms with Gasteiger partial charge in [0.25, 0.3) is 5.91 Å². The number of aryl methyl sites for hydroxylation is 1. The van der Waals surface area contributed by atoms with E-state index in [1.807, 2.05) is 24.3 Å². The first-order chi connectivity index (χ1) is 13.6. The van der Waals surface area contributed by atoms with Crippen LogP contribution in [-0.4, -0.2) is 56.0 Å². The maximum atomic E-state index is 13.4. The molecule has 0 fully saturated rings. The van der Waals surface area contributed by atoms with Crippen molar-refractivity contribution in [1.82, 2.24) is 19.7 Å². The zero-order valence-corrected chi connectivity index (χ0v) is 15.6. The number of amides is 1. The molecule has 3 heterocycles. The van der Waals surface area contributed by atoms with E-state index in [-0.39, 0.29) is 12.5 Å². The summed E-state index contributed by atoms with van der Waals surface area (Å²) in [5, 5.41) is 24.2. The molecule has 28 heavy (non-hydrogen) atoms. The number of rotatable bonds is 4. The molecule has 1 aliphatic heterocycles. The largest absolute Gasteiger partial charge is 0.481 e. The summed E-state index contributed by atoms with van der Waals surface area (Å²) in [5.74, 6) is 0.297. The van der Waals surface area contributed by atoms with Crippen molar-refractivity contribution in [3.8, 4) is 5.88 Å². The number of aromatic nitrogens is 3. The lowest BCUT2D eigenvalue weighted by molar-refractivity contribution is 0.0747. The molecular weight excluding hydrogens is 360 g/mol. The Balaban J connectivity index is 1.69. The zero-order chi connectivity index (χ0) is 19.7. The number of benzene rings is 1. The number of para-hydroxylation sites is 1. The van der Waals surface area contributed by atoms with E-state index >= 15 is 0 Å². The molecule has 0 saturated heterocycles. The summed E-state index contributed by atoms with van der Waals surface area (Å²) in [6, 6.07) is 10.9. The number of hydrogen-bond acceptors (Lipinski definition) is 6. The quantitative estimate of drug-likeness (QED) is 0.709. The number of aliphatic hydroxyl groups excluding tert-OH is 2. The van der Waals surface area contributed by atoms with Gasteiger partial charge in [0.1, 0.15) is 6.10 Å². The SMILES string of the molecule is COc1cc(C(=O)N2CCCn3nc(C(O)CO)cc3C2)c2ccccc2n1. The molecule has 0 bridgehead atoms. The molecule has 1 unspecified atom stereocenters. The van der Waals surface area contributed by atoms with Crippen molar-refractivity contribution >= 4 is 16.8 Å². The Morgan fingerprint density at radius 3 is 2.89 bits per heavy atom. The zero-order valence-electron chi connectivity index (χ0n) is 15.6. The number of hydrogen-bond donors (Lipinski definition) is 2. The third kappa shape index (κ3) is 3.32. The number of methoxy groups -OCH3 is 1. The minimum Gasteiger partial charge on any atom is -0.481 e. The van der Waals surface area contributed by atoms with Gasteiger partial charge in [0.15, 0.2) is 0 Å². The molecule has 2 aromatic heterocycles. The Hall–Kier alpha value is -2.97. The van der Waals surface area contributed by atoms with E-state index in [1.54, 1.807) is 21.7 Å².